The lowest BCUT2D eigenvalue weighted by atomic mass is 9.69. The Balaban J connectivity index is 1.63. The minimum absolute atomic E-state index is 0.159. The van der Waals surface area contributed by atoms with Crippen LogP contribution in [0.5, 0.6) is 0 Å². The van der Waals surface area contributed by atoms with E-state index in [9.17, 15) is 19.2 Å². The second kappa shape index (κ2) is 6.68. The highest BCUT2D eigenvalue weighted by molar-refractivity contribution is 6.08. The molecular formula is C19H21N3O5. The van der Waals surface area contributed by atoms with E-state index in [-0.39, 0.29) is 43.2 Å². The predicted octanol–water partition coefficient (Wildman–Crippen LogP) is 0.970. The van der Waals surface area contributed by atoms with Crippen LogP contribution in [0, 0.1) is 11.8 Å². The fourth-order valence-corrected chi connectivity index (χ4v) is 4.37. The van der Waals surface area contributed by atoms with Crippen LogP contribution in [0.15, 0.2) is 18.2 Å². The summed E-state index contributed by atoms with van der Waals surface area (Å²) in [6, 6.07) is 4.56. The highest BCUT2D eigenvalue weighted by Crippen LogP contribution is 2.42. The molecule has 1 saturated carbocycles. The van der Waals surface area contributed by atoms with Crippen LogP contribution >= 0.6 is 0 Å². The van der Waals surface area contributed by atoms with E-state index >= 15 is 0 Å². The molecule has 2 fully saturated rings. The first-order chi connectivity index (χ1) is 13.0. The zero-order valence-electron chi connectivity index (χ0n) is 14.7. The van der Waals surface area contributed by atoms with Gasteiger partial charge >= 0.3 is 5.97 Å². The van der Waals surface area contributed by atoms with E-state index < -0.39 is 17.9 Å². The predicted molar refractivity (Wildman–Crippen MR) is 94.8 cm³/mol. The van der Waals surface area contributed by atoms with Gasteiger partial charge in [-0.15, -0.1) is 0 Å². The van der Waals surface area contributed by atoms with Crippen LogP contribution in [0.4, 0.5) is 5.69 Å². The maximum atomic E-state index is 13.1. The zero-order chi connectivity index (χ0) is 19.1. The van der Waals surface area contributed by atoms with Crippen molar-refractivity contribution in [1.82, 2.24) is 10.2 Å². The number of carbonyl (C=O) groups excluding carboxylic acids is 3. The van der Waals surface area contributed by atoms with Gasteiger partial charge in [0.15, 0.2) is 0 Å². The van der Waals surface area contributed by atoms with Crippen molar-refractivity contribution in [2.24, 2.45) is 11.8 Å². The summed E-state index contributed by atoms with van der Waals surface area (Å²) in [5.41, 5.74) is 1.62. The number of carbonyl (C=O) groups is 4. The van der Waals surface area contributed by atoms with Crippen molar-refractivity contribution in [2.75, 3.05) is 11.9 Å². The average Bonchev–Trinajstić information content (AvgIpc) is 2.88. The third kappa shape index (κ3) is 3.05. The molecule has 1 aromatic carbocycles. The minimum Gasteiger partial charge on any atom is -0.480 e. The minimum atomic E-state index is -1.02. The standard InChI is InChI=1S/C19H21N3O5/c23-14-7-12(10-3-1-4-10)17(18(26)21-14)22-9-11-5-2-6-13(16(11)19(22)27)20-8-15(24)25/h2,5-6,10,12,17,20H,1,3-4,7-9H2,(H,24,25)(H,21,23,26). The number of hydrogen-bond acceptors (Lipinski definition) is 5. The number of rotatable bonds is 5. The third-order valence-electron chi connectivity index (χ3n) is 5.85. The SMILES string of the molecule is O=C(O)CNc1cccc2c1C(=O)N(C1C(=O)NC(=O)CC1C1CCC1)C2. The molecule has 0 bridgehead atoms. The van der Waals surface area contributed by atoms with Crippen LogP contribution < -0.4 is 10.6 Å². The first-order valence-electron chi connectivity index (χ1n) is 9.18. The van der Waals surface area contributed by atoms with E-state index in [2.05, 4.69) is 10.6 Å². The molecule has 1 aromatic rings. The van der Waals surface area contributed by atoms with E-state index in [0.29, 0.717) is 11.3 Å². The first kappa shape index (κ1) is 17.5. The molecule has 3 N–H and O–H groups in total. The van der Waals surface area contributed by atoms with Crippen molar-refractivity contribution in [2.45, 2.75) is 38.3 Å². The van der Waals surface area contributed by atoms with E-state index in [4.69, 9.17) is 5.11 Å². The number of fused-ring (bicyclic) bond motifs is 1. The number of carboxylic acid groups (broad SMARTS) is 1. The van der Waals surface area contributed by atoms with Crippen LogP contribution in [0.25, 0.3) is 0 Å². The topological polar surface area (TPSA) is 116 Å². The molecular weight excluding hydrogens is 350 g/mol. The molecule has 0 radical (unpaired) electrons. The molecule has 27 heavy (non-hydrogen) atoms. The van der Waals surface area contributed by atoms with Gasteiger partial charge in [-0.2, -0.15) is 0 Å². The summed E-state index contributed by atoms with van der Waals surface area (Å²) in [6.07, 6.45) is 3.29. The van der Waals surface area contributed by atoms with Gasteiger partial charge in [0, 0.05) is 18.7 Å². The van der Waals surface area contributed by atoms with Crippen molar-refractivity contribution in [3.8, 4) is 0 Å². The smallest absolute Gasteiger partial charge is 0.322 e. The lowest BCUT2D eigenvalue weighted by Crippen LogP contribution is -2.59. The average molecular weight is 371 g/mol. The third-order valence-corrected chi connectivity index (χ3v) is 5.85. The van der Waals surface area contributed by atoms with Gasteiger partial charge in [-0.05, 0) is 23.5 Å². The van der Waals surface area contributed by atoms with E-state index in [1.54, 1.807) is 17.0 Å². The van der Waals surface area contributed by atoms with Gasteiger partial charge in [0.05, 0.1) is 5.56 Å². The van der Waals surface area contributed by atoms with Crippen molar-refractivity contribution in [3.05, 3.63) is 29.3 Å². The van der Waals surface area contributed by atoms with E-state index in [0.717, 1.165) is 24.8 Å². The molecule has 8 heteroatoms. The number of benzene rings is 1. The first-order valence-corrected chi connectivity index (χ1v) is 9.18. The molecule has 142 valence electrons. The van der Waals surface area contributed by atoms with Crippen LogP contribution in [0.1, 0.15) is 41.6 Å². The van der Waals surface area contributed by atoms with E-state index in [1.807, 2.05) is 6.07 Å². The van der Waals surface area contributed by atoms with Gasteiger partial charge in [0.25, 0.3) is 5.91 Å². The molecule has 1 aliphatic carbocycles. The van der Waals surface area contributed by atoms with Crippen LogP contribution in [0.3, 0.4) is 0 Å². The highest BCUT2D eigenvalue weighted by Gasteiger charge is 2.48. The Morgan fingerprint density at radius 1 is 1.26 bits per heavy atom. The highest BCUT2D eigenvalue weighted by atomic mass is 16.4. The molecule has 3 amide bonds. The van der Waals surface area contributed by atoms with Gasteiger partial charge in [-0.1, -0.05) is 31.4 Å². The molecule has 2 atom stereocenters. The summed E-state index contributed by atoms with van der Waals surface area (Å²) in [4.78, 5) is 50.0. The van der Waals surface area contributed by atoms with Crippen molar-refractivity contribution in [1.29, 1.82) is 0 Å². The van der Waals surface area contributed by atoms with Gasteiger partial charge in [0.1, 0.15) is 12.6 Å². The Kier molecular flexibility index (Phi) is 4.33. The number of imide groups is 1. The Morgan fingerprint density at radius 2 is 2.04 bits per heavy atom. The molecule has 0 aromatic heterocycles. The monoisotopic (exact) mass is 371 g/mol. The number of hydrogen-bond donors (Lipinski definition) is 3. The maximum Gasteiger partial charge on any atom is 0.322 e. The quantitative estimate of drug-likeness (QED) is 0.664. The van der Waals surface area contributed by atoms with Crippen LogP contribution in [-0.2, 0) is 20.9 Å². The molecule has 4 rings (SSSR count). The zero-order valence-corrected chi connectivity index (χ0v) is 14.7. The van der Waals surface area contributed by atoms with Crippen molar-refractivity contribution in [3.63, 3.8) is 0 Å². The Morgan fingerprint density at radius 3 is 2.70 bits per heavy atom. The number of aliphatic carboxylic acids is 1. The summed E-state index contributed by atoms with van der Waals surface area (Å²) < 4.78 is 0. The fraction of sp³-hybridized carbons (Fsp3) is 0.474. The second-order valence-electron chi connectivity index (χ2n) is 7.44. The molecule has 8 nitrogen and oxygen atoms in total. The lowest BCUT2D eigenvalue weighted by Gasteiger charge is -2.43. The van der Waals surface area contributed by atoms with E-state index in [1.165, 1.54) is 0 Å². The number of piperidine rings is 1. The van der Waals surface area contributed by atoms with Gasteiger partial charge in [0.2, 0.25) is 11.8 Å². The summed E-state index contributed by atoms with van der Waals surface area (Å²) in [5, 5.41) is 14.0. The Bertz CT molecular complexity index is 833. The summed E-state index contributed by atoms with van der Waals surface area (Å²) in [7, 11) is 0. The summed E-state index contributed by atoms with van der Waals surface area (Å²) in [5.74, 6) is -1.88. The molecule has 3 aliphatic rings. The summed E-state index contributed by atoms with van der Waals surface area (Å²) >= 11 is 0. The van der Waals surface area contributed by atoms with Crippen molar-refractivity contribution >= 4 is 29.4 Å². The number of amides is 3. The Labute approximate surface area is 155 Å². The second-order valence-corrected chi connectivity index (χ2v) is 7.44. The van der Waals surface area contributed by atoms with Gasteiger partial charge < -0.3 is 15.3 Å². The number of nitrogens with one attached hydrogen (secondary N) is 2. The molecule has 2 unspecified atom stereocenters. The number of anilines is 1. The van der Waals surface area contributed by atoms with Crippen molar-refractivity contribution < 1.29 is 24.3 Å². The molecule has 2 heterocycles. The summed E-state index contributed by atoms with van der Waals surface area (Å²) in [6.45, 7) is -0.0148. The van der Waals surface area contributed by atoms with Crippen LogP contribution in [0.2, 0.25) is 0 Å². The maximum absolute atomic E-state index is 13.1. The Hall–Kier alpha value is -2.90. The molecule has 1 saturated heterocycles. The number of nitrogens with zero attached hydrogens (tertiary/aromatic N) is 1. The largest absolute Gasteiger partial charge is 0.480 e. The van der Waals surface area contributed by atoms with Crippen LogP contribution in [-0.4, -0.2) is 46.3 Å². The molecule has 2 aliphatic heterocycles. The normalized spacial score (nSPS) is 25.0. The van der Waals surface area contributed by atoms with Gasteiger partial charge in [-0.3, -0.25) is 24.5 Å². The number of carboxylic acids is 1. The lowest BCUT2D eigenvalue weighted by molar-refractivity contribution is -0.142. The fourth-order valence-electron chi connectivity index (χ4n) is 4.37. The van der Waals surface area contributed by atoms with Gasteiger partial charge in [-0.25, -0.2) is 0 Å². The molecule has 0 spiro atoms.